The number of halogens is 2. The lowest BCUT2D eigenvalue weighted by molar-refractivity contribution is -0.0529. The minimum absolute atomic E-state index is 0.0589. The van der Waals surface area contributed by atoms with Crippen molar-refractivity contribution >= 4 is 11.8 Å². The topological polar surface area (TPSA) is 101 Å². The first kappa shape index (κ1) is 25.8. The maximum Gasteiger partial charge on any atom is 0.274 e. The number of fused-ring (bicyclic) bond motifs is 2. The highest BCUT2D eigenvalue weighted by Crippen LogP contribution is 2.45. The average Bonchev–Trinajstić information content (AvgIpc) is 2.80. The Balaban J connectivity index is 1.77. The number of hydrogen-bond acceptors (Lipinski definition) is 5. The van der Waals surface area contributed by atoms with Gasteiger partial charge in [-0.1, -0.05) is 19.4 Å². The zero-order chi connectivity index (χ0) is 26.2. The van der Waals surface area contributed by atoms with E-state index in [0.29, 0.717) is 31.9 Å². The molecule has 1 aromatic carbocycles. The summed E-state index contributed by atoms with van der Waals surface area (Å²) in [6, 6.07) is 2.86. The van der Waals surface area contributed by atoms with E-state index < -0.39 is 34.6 Å². The minimum Gasteiger partial charge on any atom is -0.487 e. The lowest BCUT2D eigenvalue weighted by atomic mass is 9.72. The van der Waals surface area contributed by atoms with Crippen LogP contribution in [0.2, 0.25) is 0 Å². The van der Waals surface area contributed by atoms with Crippen LogP contribution < -0.4 is 15.5 Å². The van der Waals surface area contributed by atoms with Gasteiger partial charge in [-0.3, -0.25) is 14.4 Å². The van der Waals surface area contributed by atoms with E-state index in [1.54, 1.807) is 9.47 Å². The normalized spacial score (nSPS) is 20.9. The van der Waals surface area contributed by atoms with Gasteiger partial charge in [0, 0.05) is 37.0 Å². The number of carbonyl (C=O) groups excluding carboxylic acids is 2. The Morgan fingerprint density at radius 2 is 2.00 bits per heavy atom. The zero-order valence-corrected chi connectivity index (χ0v) is 20.6. The Morgan fingerprint density at radius 3 is 2.61 bits per heavy atom. The smallest absolute Gasteiger partial charge is 0.274 e. The van der Waals surface area contributed by atoms with Crippen LogP contribution in [0.15, 0.2) is 29.2 Å². The molecule has 194 valence electrons. The lowest BCUT2D eigenvalue weighted by Gasteiger charge is -2.54. The van der Waals surface area contributed by atoms with Gasteiger partial charge in [0.05, 0.1) is 18.2 Å². The van der Waals surface area contributed by atoms with Crippen molar-refractivity contribution in [2.75, 3.05) is 13.2 Å². The van der Waals surface area contributed by atoms with Gasteiger partial charge in [-0.15, -0.1) is 0 Å². The van der Waals surface area contributed by atoms with Gasteiger partial charge in [0.25, 0.3) is 11.8 Å². The highest BCUT2D eigenvalue weighted by atomic mass is 19.1. The number of nitrogens with one attached hydrogen (secondary N) is 1. The Bertz CT molecular complexity index is 1240. The molecule has 0 radical (unpaired) electrons. The molecule has 2 heterocycles. The van der Waals surface area contributed by atoms with Crippen molar-refractivity contribution in [2.24, 2.45) is 0 Å². The third kappa shape index (κ3) is 4.61. The molecule has 0 saturated heterocycles. The highest BCUT2D eigenvalue weighted by Gasteiger charge is 2.52. The third-order valence-corrected chi connectivity index (χ3v) is 6.90. The number of pyridine rings is 1. The summed E-state index contributed by atoms with van der Waals surface area (Å²) in [6.07, 6.45) is 2.94. The molecular formula is C26H31F2N3O5. The van der Waals surface area contributed by atoms with Crippen LogP contribution >= 0.6 is 0 Å². The van der Waals surface area contributed by atoms with Gasteiger partial charge >= 0.3 is 0 Å². The fourth-order valence-corrected chi connectivity index (χ4v) is 4.88. The largest absolute Gasteiger partial charge is 0.487 e. The van der Waals surface area contributed by atoms with Crippen molar-refractivity contribution in [3.63, 3.8) is 0 Å². The monoisotopic (exact) mass is 503 g/mol. The van der Waals surface area contributed by atoms with Gasteiger partial charge in [0.2, 0.25) is 5.43 Å². The molecule has 2 amide bonds. The van der Waals surface area contributed by atoms with E-state index in [1.165, 1.54) is 12.3 Å². The van der Waals surface area contributed by atoms with Crippen LogP contribution in [-0.4, -0.2) is 51.7 Å². The second-order valence-electron chi connectivity index (χ2n) is 9.85. The van der Waals surface area contributed by atoms with Crippen molar-refractivity contribution in [3.05, 3.63) is 63.1 Å². The van der Waals surface area contributed by atoms with Crippen molar-refractivity contribution in [1.82, 2.24) is 14.8 Å². The van der Waals surface area contributed by atoms with Crippen LogP contribution in [0.25, 0.3) is 0 Å². The van der Waals surface area contributed by atoms with Gasteiger partial charge < -0.3 is 24.6 Å². The molecule has 1 aliphatic heterocycles. The summed E-state index contributed by atoms with van der Waals surface area (Å²) in [5.41, 5.74) is -1.53. The molecule has 1 aromatic heterocycles. The Morgan fingerprint density at radius 1 is 1.28 bits per heavy atom. The summed E-state index contributed by atoms with van der Waals surface area (Å²) in [5, 5.41) is 12.7. The molecule has 10 heteroatoms. The fraction of sp³-hybridized carbons (Fsp3) is 0.500. The van der Waals surface area contributed by atoms with Gasteiger partial charge in [0.1, 0.15) is 17.2 Å². The van der Waals surface area contributed by atoms with E-state index >= 15 is 0 Å². The van der Waals surface area contributed by atoms with Gasteiger partial charge in [0.15, 0.2) is 11.4 Å². The molecule has 1 spiro atoms. The van der Waals surface area contributed by atoms with E-state index in [4.69, 9.17) is 4.74 Å². The summed E-state index contributed by atoms with van der Waals surface area (Å²) in [5.74, 6) is -2.89. The second-order valence-corrected chi connectivity index (χ2v) is 9.85. The summed E-state index contributed by atoms with van der Waals surface area (Å²) < 4.78 is 34.7. The van der Waals surface area contributed by atoms with E-state index in [2.05, 4.69) is 5.32 Å². The Hall–Kier alpha value is -3.27. The van der Waals surface area contributed by atoms with Crippen LogP contribution in [0.5, 0.6) is 5.75 Å². The molecule has 2 N–H and O–H groups in total. The number of rotatable bonds is 8. The summed E-state index contributed by atoms with van der Waals surface area (Å²) in [6.45, 7) is 5.97. The molecule has 4 rings (SSSR count). The molecular weight excluding hydrogens is 472 g/mol. The van der Waals surface area contributed by atoms with E-state index in [1.807, 2.05) is 20.8 Å². The number of unbranched alkanes of at least 4 members (excludes halogenated alkanes) is 1. The molecule has 2 aromatic rings. The quantitative estimate of drug-likeness (QED) is 0.540. The number of benzene rings is 1. The van der Waals surface area contributed by atoms with Crippen LogP contribution in [0.4, 0.5) is 8.78 Å². The van der Waals surface area contributed by atoms with Crippen LogP contribution in [-0.2, 0) is 12.1 Å². The van der Waals surface area contributed by atoms with Crippen molar-refractivity contribution in [2.45, 2.75) is 70.7 Å². The van der Waals surface area contributed by atoms with E-state index in [9.17, 15) is 28.3 Å². The highest BCUT2D eigenvalue weighted by molar-refractivity contribution is 5.99. The Kier molecular flexibility index (Phi) is 7.17. The lowest BCUT2D eigenvalue weighted by Crippen LogP contribution is -2.63. The number of aromatic nitrogens is 1. The molecule has 1 fully saturated rings. The summed E-state index contributed by atoms with van der Waals surface area (Å²) >= 11 is 0. The zero-order valence-electron chi connectivity index (χ0n) is 20.6. The van der Waals surface area contributed by atoms with E-state index in [0.717, 1.165) is 12.5 Å². The number of aliphatic hydroxyl groups excluding tert-OH is 1. The third-order valence-electron chi connectivity index (χ3n) is 6.90. The van der Waals surface area contributed by atoms with Crippen LogP contribution in [0.1, 0.15) is 72.9 Å². The van der Waals surface area contributed by atoms with Gasteiger partial charge in [-0.05, 0) is 39.2 Å². The average molecular weight is 504 g/mol. The maximum atomic E-state index is 14.0. The molecule has 0 bridgehead atoms. The second kappa shape index (κ2) is 10.0. The molecule has 36 heavy (non-hydrogen) atoms. The molecule has 0 unspecified atom stereocenters. The van der Waals surface area contributed by atoms with Crippen molar-refractivity contribution in [1.29, 1.82) is 0 Å². The number of carbonyl (C=O) groups is 2. The molecule has 0 atom stereocenters. The predicted octanol–water partition coefficient (Wildman–Crippen LogP) is 2.95. The molecule has 1 aliphatic carbocycles. The first-order valence-corrected chi connectivity index (χ1v) is 12.2. The van der Waals surface area contributed by atoms with Crippen LogP contribution in [0, 0.1) is 11.6 Å². The maximum absolute atomic E-state index is 14.0. The van der Waals surface area contributed by atoms with E-state index in [-0.39, 0.29) is 47.7 Å². The molecule has 8 nitrogen and oxygen atoms in total. The van der Waals surface area contributed by atoms with Crippen molar-refractivity contribution < 1.29 is 28.2 Å². The fourth-order valence-electron chi connectivity index (χ4n) is 4.88. The van der Waals surface area contributed by atoms with Crippen molar-refractivity contribution in [3.8, 4) is 5.75 Å². The van der Waals surface area contributed by atoms with Gasteiger partial charge in [-0.2, -0.15) is 0 Å². The number of nitrogens with zero attached hydrogens (tertiary/aromatic N) is 2. The van der Waals surface area contributed by atoms with Gasteiger partial charge in [-0.25, -0.2) is 8.78 Å². The number of ether oxygens (including phenoxy) is 1. The molecule has 2 aliphatic rings. The number of aliphatic hydroxyl groups is 1. The number of hydrogen-bond donors (Lipinski definition) is 2. The first-order valence-electron chi connectivity index (χ1n) is 12.2. The standard InChI is InChI=1S/C26H31F2N3O5/c1-4-5-8-36-23-21-25(35)30(15(2)3)14-26(10-18(32)11-26)31(21)13-19(22(23)33)24(34)29-12-16-6-7-17(27)9-20(16)28/h6-7,9,13,15,18,32H,4-5,8,10-12,14H2,1-3H3,(H,29,34). The minimum atomic E-state index is -0.817. The molecule has 1 saturated carbocycles. The number of amides is 2. The first-order chi connectivity index (χ1) is 17.1. The SMILES string of the molecule is CCCCOc1c2n(cc(C(=O)NCc3ccc(F)cc3F)c1=O)C1(CC(O)C1)CN(C(C)C)C2=O. The summed E-state index contributed by atoms with van der Waals surface area (Å²) in [7, 11) is 0. The van der Waals surface area contributed by atoms with Crippen LogP contribution in [0.3, 0.4) is 0 Å². The summed E-state index contributed by atoms with van der Waals surface area (Å²) in [4.78, 5) is 41.7. The predicted molar refractivity (Wildman–Crippen MR) is 128 cm³/mol. The Labute approximate surface area is 207 Å².